The Labute approximate surface area is 190 Å². The van der Waals surface area contributed by atoms with Gasteiger partial charge in [-0.3, -0.25) is 24.1 Å². The first kappa shape index (κ1) is 21.1. The highest BCUT2D eigenvalue weighted by Crippen LogP contribution is 2.19. The minimum Gasteiger partial charge on any atom is -0.352 e. The third-order valence-electron chi connectivity index (χ3n) is 6.46. The zero-order chi connectivity index (χ0) is 22.8. The van der Waals surface area contributed by atoms with Gasteiger partial charge >= 0.3 is 5.69 Å². The zero-order valence-electron chi connectivity index (χ0n) is 18.4. The number of fused-ring (bicyclic) bond motifs is 1. The first-order valence-electron chi connectivity index (χ1n) is 11.3. The fourth-order valence-corrected chi connectivity index (χ4v) is 4.72. The standard InChI is InChI=1S/C24H26N6O3/c31-22-19-6-1-2-7-20(19)30(24(33)27-22)16-17-4-3-5-18(14-17)23(32)29-12-10-28(11-13-29)21-15-25-8-9-26-21/h3-5,8-9,14-15H,1-2,6-7,10-13,16H2,(H,27,31,33). The van der Waals surface area contributed by atoms with Crippen LogP contribution in [-0.4, -0.2) is 56.5 Å². The van der Waals surface area contributed by atoms with Crippen LogP contribution in [0.2, 0.25) is 0 Å². The Morgan fingerprint density at radius 1 is 1.03 bits per heavy atom. The van der Waals surface area contributed by atoms with Gasteiger partial charge in [0, 0.05) is 55.4 Å². The summed E-state index contributed by atoms with van der Waals surface area (Å²) in [5.41, 5.74) is 2.35. The molecule has 9 heteroatoms. The number of piperazine rings is 1. The number of anilines is 1. The summed E-state index contributed by atoms with van der Waals surface area (Å²) >= 11 is 0. The predicted molar refractivity (Wildman–Crippen MR) is 124 cm³/mol. The largest absolute Gasteiger partial charge is 0.352 e. The van der Waals surface area contributed by atoms with E-state index in [4.69, 9.17) is 0 Å². The topological polar surface area (TPSA) is 104 Å². The molecule has 1 aliphatic heterocycles. The second-order valence-electron chi connectivity index (χ2n) is 8.52. The van der Waals surface area contributed by atoms with E-state index in [9.17, 15) is 14.4 Å². The summed E-state index contributed by atoms with van der Waals surface area (Å²) in [4.78, 5) is 52.8. The lowest BCUT2D eigenvalue weighted by Gasteiger charge is -2.35. The van der Waals surface area contributed by atoms with Gasteiger partial charge in [0.1, 0.15) is 5.82 Å². The van der Waals surface area contributed by atoms with Crippen LogP contribution in [0.15, 0.2) is 52.4 Å². The van der Waals surface area contributed by atoms with E-state index < -0.39 is 5.69 Å². The van der Waals surface area contributed by atoms with Gasteiger partial charge in [0.05, 0.1) is 12.7 Å². The average Bonchev–Trinajstić information content (AvgIpc) is 2.87. The predicted octanol–water partition coefficient (Wildman–Crippen LogP) is 1.22. The van der Waals surface area contributed by atoms with E-state index >= 15 is 0 Å². The number of H-pyrrole nitrogens is 1. The van der Waals surface area contributed by atoms with E-state index in [0.29, 0.717) is 50.3 Å². The molecule has 0 unspecified atom stereocenters. The molecule has 1 fully saturated rings. The van der Waals surface area contributed by atoms with Crippen molar-refractivity contribution < 1.29 is 4.79 Å². The fourth-order valence-electron chi connectivity index (χ4n) is 4.72. The maximum absolute atomic E-state index is 13.2. The Kier molecular flexibility index (Phi) is 5.77. The highest BCUT2D eigenvalue weighted by atomic mass is 16.2. The van der Waals surface area contributed by atoms with E-state index in [1.807, 2.05) is 29.2 Å². The fraction of sp³-hybridized carbons (Fsp3) is 0.375. The summed E-state index contributed by atoms with van der Waals surface area (Å²) in [6, 6.07) is 7.42. The van der Waals surface area contributed by atoms with Crippen molar-refractivity contribution in [1.29, 1.82) is 0 Å². The Bertz CT molecular complexity index is 1280. The molecule has 1 aliphatic carbocycles. The summed E-state index contributed by atoms with van der Waals surface area (Å²) in [7, 11) is 0. The summed E-state index contributed by atoms with van der Waals surface area (Å²) in [6.07, 6.45) is 8.40. The molecule has 2 aromatic heterocycles. The van der Waals surface area contributed by atoms with Gasteiger partial charge < -0.3 is 9.80 Å². The van der Waals surface area contributed by atoms with Crippen molar-refractivity contribution >= 4 is 11.7 Å². The van der Waals surface area contributed by atoms with Crippen LogP contribution in [0.3, 0.4) is 0 Å². The number of aromatic amines is 1. The summed E-state index contributed by atoms with van der Waals surface area (Å²) in [6.45, 7) is 2.94. The van der Waals surface area contributed by atoms with Crippen LogP contribution in [-0.2, 0) is 19.4 Å². The normalized spacial score (nSPS) is 15.9. The zero-order valence-corrected chi connectivity index (χ0v) is 18.4. The van der Waals surface area contributed by atoms with Crippen LogP contribution in [0.1, 0.15) is 40.0 Å². The van der Waals surface area contributed by atoms with Gasteiger partial charge in [-0.2, -0.15) is 0 Å². The summed E-state index contributed by atoms with van der Waals surface area (Å²) in [5, 5.41) is 0. The number of carbonyl (C=O) groups is 1. The lowest BCUT2D eigenvalue weighted by Crippen LogP contribution is -2.49. The molecule has 1 saturated heterocycles. The molecular weight excluding hydrogens is 420 g/mol. The molecule has 1 N–H and O–H groups in total. The molecule has 1 amide bonds. The van der Waals surface area contributed by atoms with E-state index in [2.05, 4.69) is 19.9 Å². The monoisotopic (exact) mass is 446 g/mol. The van der Waals surface area contributed by atoms with E-state index in [1.54, 1.807) is 23.2 Å². The van der Waals surface area contributed by atoms with E-state index in [0.717, 1.165) is 36.3 Å². The molecule has 33 heavy (non-hydrogen) atoms. The molecular formula is C24H26N6O3. The number of amides is 1. The Morgan fingerprint density at radius 3 is 2.64 bits per heavy atom. The molecule has 3 heterocycles. The van der Waals surface area contributed by atoms with Crippen LogP contribution in [0, 0.1) is 0 Å². The van der Waals surface area contributed by atoms with Gasteiger partial charge in [-0.1, -0.05) is 12.1 Å². The van der Waals surface area contributed by atoms with Crippen molar-refractivity contribution in [2.75, 3.05) is 31.1 Å². The molecule has 1 aromatic carbocycles. The smallest absolute Gasteiger partial charge is 0.328 e. The molecule has 2 aliphatic rings. The van der Waals surface area contributed by atoms with Crippen molar-refractivity contribution in [3.8, 4) is 0 Å². The lowest BCUT2D eigenvalue weighted by atomic mass is 9.96. The van der Waals surface area contributed by atoms with Gasteiger partial charge in [0.25, 0.3) is 11.5 Å². The van der Waals surface area contributed by atoms with Crippen LogP contribution >= 0.6 is 0 Å². The Morgan fingerprint density at radius 2 is 1.85 bits per heavy atom. The maximum Gasteiger partial charge on any atom is 0.328 e. The summed E-state index contributed by atoms with van der Waals surface area (Å²) in [5.74, 6) is 0.799. The van der Waals surface area contributed by atoms with Gasteiger partial charge in [-0.15, -0.1) is 0 Å². The number of aromatic nitrogens is 4. The third-order valence-corrected chi connectivity index (χ3v) is 6.46. The number of nitrogens with zero attached hydrogens (tertiary/aromatic N) is 5. The maximum atomic E-state index is 13.2. The first-order valence-corrected chi connectivity index (χ1v) is 11.3. The number of hydrogen-bond donors (Lipinski definition) is 1. The number of carbonyl (C=O) groups excluding carboxylic acids is 1. The third kappa shape index (κ3) is 4.30. The molecule has 0 spiro atoms. The van der Waals surface area contributed by atoms with Gasteiger partial charge in [-0.25, -0.2) is 9.78 Å². The quantitative estimate of drug-likeness (QED) is 0.646. The highest BCUT2D eigenvalue weighted by molar-refractivity contribution is 5.94. The van der Waals surface area contributed by atoms with Gasteiger partial charge in [0.15, 0.2) is 0 Å². The van der Waals surface area contributed by atoms with Gasteiger partial charge in [-0.05, 0) is 43.4 Å². The van der Waals surface area contributed by atoms with Crippen LogP contribution in [0.4, 0.5) is 5.82 Å². The Balaban J connectivity index is 1.32. The minimum absolute atomic E-state index is 0.0218. The second-order valence-corrected chi connectivity index (χ2v) is 8.52. The highest BCUT2D eigenvalue weighted by Gasteiger charge is 2.23. The molecule has 170 valence electrons. The van der Waals surface area contributed by atoms with Crippen molar-refractivity contribution in [1.82, 2.24) is 24.4 Å². The van der Waals surface area contributed by atoms with E-state index in [1.165, 1.54) is 0 Å². The van der Waals surface area contributed by atoms with Gasteiger partial charge in [0.2, 0.25) is 0 Å². The molecule has 0 atom stereocenters. The number of hydrogen-bond acceptors (Lipinski definition) is 6. The van der Waals surface area contributed by atoms with Crippen LogP contribution < -0.4 is 16.1 Å². The number of benzene rings is 1. The van der Waals surface area contributed by atoms with Crippen LogP contribution in [0.5, 0.6) is 0 Å². The average molecular weight is 447 g/mol. The first-order chi connectivity index (χ1) is 16.1. The second kappa shape index (κ2) is 9.01. The molecule has 3 aromatic rings. The Hall–Kier alpha value is -3.75. The molecule has 0 bridgehead atoms. The lowest BCUT2D eigenvalue weighted by molar-refractivity contribution is 0.0746. The van der Waals surface area contributed by atoms with Crippen molar-refractivity contribution in [2.45, 2.75) is 32.2 Å². The van der Waals surface area contributed by atoms with Crippen molar-refractivity contribution in [3.63, 3.8) is 0 Å². The molecule has 5 rings (SSSR count). The number of rotatable bonds is 4. The molecule has 0 saturated carbocycles. The number of nitrogens with one attached hydrogen (secondary N) is 1. The SMILES string of the molecule is O=C(c1cccc(Cn2c3c(c(=O)[nH]c2=O)CCCC3)c1)N1CCN(c2cnccn2)CC1. The van der Waals surface area contributed by atoms with Crippen molar-refractivity contribution in [3.05, 3.63) is 86.1 Å². The van der Waals surface area contributed by atoms with E-state index in [-0.39, 0.29) is 11.5 Å². The minimum atomic E-state index is -0.391. The molecule has 0 radical (unpaired) electrons. The van der Waals surface area contributed by atoms with Crippen LogP contribution in [0.25, 0.3) is 0 Å². The molecule has 9 nitrogen and oxygen atoms in total. The summed E-state index contributed by atoms with van der Waals surface area (Å²) < 4.78 is 1.65. The van der Waals surface area contributed by atoms with Crippen molar-refractivity contribution in [2.24, 2.45) is 0 Å².